The molecule has 48 heavy (non-hydrogen) atoms. The third-order valence-corrected chi connectivity index (χ3v) is 8.80. The summed E-state index contributed by atoms with van der Waals surface area (Å²) in [5.41, 5.74) is 9.69. The Morgan fingerprint density at radius 3 is 2.00 bits per heavy atom. The first kappa shape index (κ1) is 30.7. The van der Waals surface area contributed by atoms with Gasteiger partial charge in [0.25, 0.3) is 0 Å². The van der Waals surface area contributed by atoms with Gasteiger partial charge in [-0.2, -0.15) is 0 Å². The number of rotatable bonds is 9. The number of para-hydroxylation sites is 1. The van der Waals surface area contributed by atoms with Crippen LogP contribution in [0.25, 0.3) is 21.9 Å². The number of hydrogen-bond donors (Lipinski definition) is 0. The molecule has 0 N–H and O–H groups in total. The second-order valence-electron chi connectivity index (χ2n) is 12.4. The molecule has 0 spiro atoms. The Kier molecular flexibility index (Phi) is 8.84. The van der Waals surface area contributed by atoms with Gasteiger partial charge in [0.05, 0.1) is 11.3 Å². The van der Waals surface area contributed by atoms with Gasteiger partial charge in [0.15, 0.2) is 0 Å². The SMILES string of the molecule is CC(C)c1ccc(Cc2ccccc2)c(-c2ccc(OC(=O)c3ccc(N(c4ccccc4)c4cccc5ccccc45)cc3)cc2)c1. The molecule has 0 radical (unpaired) electrons. The fourth-order valence-electron chi connectivity index (χ4n) is 6.21. The van der Waals surface area contributed by atoms with Crippen LogP contribution in [0.5, 0.6) is 5.75 Å². The quantitative estimate of drug-likeness (QED) is 0.118. The highest BCUT2D eigenvalue weighted by molar-refractivity contribution is 5.99. The van der Waals surface area contributed by atoms with Crippen LogP contribution in [0.2, 0.25) is 0 Å². The van der Waals surface area contributed by atoms with Gasteiger partial charge >= 0.3 is 5.97 Å². The summed E-state index contributed by atoms with van der Waals surface area (Å²) in [6.45, 7) is 4.43. The van der Waals surface area contributed by atoms with Crippen molar-refractivity contribution in [2.45, 2.75) is 26.2 Å². The number of anilines is 3. The number of nitrogens with zero attached hydrogens (tertiary/aromatic N) is 1. The smallest absolute Gasteiger partial charge is 0.343 e. The van der Waals surface area contributed by atoms with E-state index in [2.05, 4.69) is 116 Å². The molecule has 3 heteroatoms. The summed E-state index contributed by atoms with van der Waals surface area (Å²) in [6.07, 6.45) is 0.851. The standard InChI is InChI=1S/C45H37NO2/c1-32(2)37-20-21-38(30-33-12-5-3-6-13-33)43(31-37)35-24-28-41(29-25-35)48-45(47)36-22-26-40(27-23-36)46(39-16-7-4-8-17-39)44-19-11-15-34-14-9-10-18-42(34)44/h3-29,31-32H,30H2,1-2H3. The molecule has 0 atom stereocenters. The Morgan fingerprint density at radius 1 is 0.625 bits per heavy atom. The zero-order chi connectivity index (χ0) is 32.9. The number of carbonyl (C=O) groups is 1. The van der Waals surface area contributed by atoms with Crippen molar-refractivity contribution in [2.75, 3.05) is 4.90 Å². The van der Waals surface area contributed by atoms with Crippen LogP contribution in [0.4, 0.5) is 17.1 Å². The van der Waals surface area contributed by atoms with Crippen molar-refractivity contribution in [2.24, 2.45) is 0 Å². The molecule has 0 aliphatic heterocycles. The summed E-state index contributed by atoms with van der Waals surface area (Å²) < 4.78 is 5.85. The fraction of sp³-hybridized carbons (Fsp3) is 0.0889. The lowest BCUT2D eigenvalue weighted by molar-refractivity contribution is 0.0735. The van der Waals surface area contributed by atoms with Gasteiger partial charge in [0, 0.05) is 16.8 Å². The molecule has 0 aromatic heterocycles. The number of hydrogen-bond acceptors (Lipinski definition) is 3. The molecule has 0 amide bonds. The van der Waals surface area contributed by atoms with Gasteiger partial charge in [-0.25, -0.2) is 4.79 Å². The van der Waals surface area contributed by atoms with E-state index in [1.807, 2.05) is 72.8 Å². The lowest BCUT2D eigenvalue weighted by Gasteiger charge is -2.27. The first-order valence-electron chi connectivity index (χ1n) is 16.5. The number of fused-ring (bicyclic) bond motifs is 1. The molecule has 234 valence electrons. The minimum atomic E-state index is -0.391. The van der Waals surface area contributed by atoms with Gasteiger partial charge < -0.3 is 9.64 Å². The summed E-state index contributed by atoms with van der Waals surface area (Å²) in [7, 11) is 0. The molecule has 0 bridgehead atoms. The summed E-state index contributed by atoms with van der Waals surface area (Å²) >= 11 is 0. The van der Waals surface area contributed by atoms with Crippen LogP contribution in [-0.2, 0) is 6.42 Å². The Labute approximate surface area is 282 Å². The Morgan fingerprint density at radius 2 is 1.27 bits per heavy atom. The van der Waals surface area contributed by atoms with Crippen molar-refractivity contribution in [3.63, 3.8) is 0 Å². The molecule has 0 saturated heterocycles. The third kappa shape index (κ3) is 6.63. The lowest BCUT2D eigenvalue weighted by Crippen LogP contribution is -2.12. The van der Waals surface area contributed by atoms with E-state index >= 15 is 0 Å². The zero-order valence-electron chi connectivity index (χ0n) is 27.2. The topological polar surface area (TPSA) is 29.5 Å². The van der Waals surface area contributed by atoms with Crippen LogP contribution < -0.4 is 9.64 Å². The highest BCUT2D eigenvalue weighted by atomic mass is 16.5. The van der Waals surface area contributed by atoms with Gasteiger partial charge in [-0.05, 0) is 100 Å². The minimum Gasteiger partial charge on any atom is -0.423 e. The van der Waals surface area contributed by atoms with E-state index < -0.39 is 5.97 Å². The molecular weight excluding hydrogens is 587 g/mol. The van der Waals surface area contributed by atoms with Crippen molar-refractivity contribution in [3.05, 3.63) is 192 Å². The number of ether oxygens (including phenoxy) is 1. The summed E-state index contributed by atoms with van der Waals surface area (Å²) in [6, 6.07) is 57.8. The van der Waals surface area contributed by atoms with Crippen LogP contribution in [0.3, 0.4) is 0 Å². The van der Waals surface area contributed by atoms with Crippen molar-refractivity contribution < 1.29 is 9.53 Å². The second kappa shape index (κ2) is 13.8. The predicted octanol–water partition coefficient (Wildman–Crippen LogP) is 11.9. The first-order chi connectivity index (χ1) is 23.5. The highest BCUT2D eigenvalue weighted by Gasteiger charge is 2.17. The molecule has 0 heterocycles. The molecular formula is C45H37NO2. The van der Waals surface area contributed by atoms with Crippen molar-refractivity contribution in [1.29, 1.82) is 0 Å². The molecule has 7 aromatic carbocycles. The van der Waals surface area contributed by atoms with E-state index in [1.165, 1.54) is 27.6 Å². The van der Waals surface area contributed by atoms with E-state index in [4.69, 9.17) is 4.74 Å². The van der Waals surface area contributed by atoms with Gasteiger partial charge in [0.1, 0.15) is 5.75 Å². The van der Waals surface area contributed by atoms with E-state index in [0.29, 0.717) is 17.2 Å². The van der Waals surface area contributed by atoms with Gasteiger partial charge in [-0.15, -0.1) is 0 Å². The summed E-state index contributed by atoms with van der Waals surface area (Å²) in [5, 5.41) is 2.32. The first-order valence-corrected chi connectivity index (χ1v) is 16.5. The monoisotopic (exact) mass is 623 g/mol. The molecule has 7 aromatic rings. The van der Waals surface area contributed by atoms with E-state index in [1.54, 1.807) is 0 Å². The Hall–Kier alpha value is -5.93. The highest BCUT2D eigenvalue weighted by Crippen LogP contribution is 2.39. The number of carbonyl (C=O) groups excluding carboxylic acids is 1. The summed E-state index contributed by atoms with van der Waals surface area (Å²) in [5.74, 6) is 0.546. The molecule has 0 fully saturated rings. The van der Waals surface area contributed by atoms with Crippen LogP contribution in [-0.4, -0.2) is 5.97 Å². The average Bonchev–Trinajstić information content (AvgIpc) is 3.13. The predicted molar refractivity (Wildman–Crippen MR) is 199 cm³/mol. The van der Waals surface area contributed by atoms with Gasteiger partial charge in [-0.3, -0.25) is 0 Å². The maximum Gasteiger partial charge on any atom is 0.343 e. The number of benzene rings is 7. The van der Waals surface area contributed by atoms with E-state index in [0.717, 1.165) is 34.4 Å². The maximum absolute atomic E-state index is 13.3. The molecule has 0 aliphatic rings. The molecule has 0 unspecified atom stereocenters. The van der Waals surface area contributed by atoms with Crippen molar-refractivity contribution in [1.82, 2.24) is 0 Å². The molecule has 0 aliphatic carbocycles. The Balaban J connectivity index is 1.12. The van der Waals surface area contributed by atoms with Crippen LogP contribution in [0, 0.1) is 0 Å². The van der Waals surface area contributed by atoms with Crippen LogP contribution in [0.1, 0.15) is 46.8 Å². The Bertz CT molecular complexity index is 2150. The van der Waals surface area contributed by atoms with Gasteiger partial charge in [-0.1, -0.05) is 129 Å². The van der Waals surface area contributed by atoms with Crippen LogP contribution >= 0.6 is 0 Å². The zero-order valence-corrected chi connectivity index (χ0v) is 27.2. The minimum absolute atomic E-state index is 0.391. The van der Waals surface area contributed by atoms with E-state index in [-0.39, 0.29) is 0 Å². The number of esters is 1. The van der Waals surface area contributed by atoms with E-state index in [9.17, 15) is 4.79 Å². The van der Waals surface area contributed by atoms with Gasteiger partial charge in [0.2, 0.25) is 0 Å². The van der Waals surface area contributed by atoms with Crippen molar-refractivity contribution >= 4 is 33.8 Å². The lowest BCUT2D eigenvalue weighted by atomic mass is 9.90. The normalized spacial score (nSPS) is 11.1. The average molecular weight is 624 g/mol. The largest absolute Gasteiger partial charge is 0.423 e. The maximum atomic E-state index is 13.3. The summed E-state index contributed by atoms with van der Waals surface area (Å²) in [4.78, 5) is 15.5. The molecule has 3 nitrogen and oxygen atoms in total. The molecule has 7 rings (SSSR count). The second-order valence-corrected chi connectivity index (χ2v) is 12.4. The fourth-order valence-corrected chi connectivity index (χ4v) is 6.21. The molecule has 0 saturated carbocycles. The van der Waals surface area contributed by atoms with Crippen LogP contribution in [0.15, 0.2) is 170 Å². The van der Waals surface area contributed by atoms with Crippen molar-refractivity contribution in [3.8, 4) is 16.9 Å². The third-order valence-electron chi connectivity index (χ3n) is 8.80.